The molecule has 5 heteroatoms. The number of nitrogens with two attached hydrogens (primary N) is 1. The molecule has 0 saturated heterocycles. The highest BCUT2D eigenvalue weighted by molar-refractivity contribution is 6.30. The second-order valence-electron chi connectivity index (χ2n) is 11.0. The fourth-order valence-corrected chi connectivity index (χ4v) is 4.21. The molecule has 188 valence electrons. The summed E-state index contributed by atoms with van der Waals surface area (Å²) in [6.45, 7) is 14.5. The molecular weight excluding hydrogens is 442 g/mol. The molecule has 0 heterocycles. The molecule has 1 amide bonds. The van der Waals surface area contributed by atoms with Crippen molar-refractivity contribution in [3.8, 4) is 0 Å². The number of nitrogens with zero attached hydrogens (tertiary/aromatic N) is 1. The number of carbonyl (C=O) groups is 1. The van der Waals surface area contributed by atoms with Crippen LogP contribution in [-0.4, -0.2) is 30.6 Å². The SMILES string of the molecule is CC(C)CCN(CC(C)(C)NC(=O)[C@@H](N)CC(C)C)c1ccc(CCc2ccc(Cl)cc2)cc1. The first-order chi connectivity index (χ1) is 15.9. The van der Waals surface area contributed by atoms with Crippen molar-refractivity contribution in [2.24, 2.45) is 17.6 Å². The Morgan fingerprint density at radius 2 is 1.47 bits per heavy atom. The summed E-state index contributed by atoms with van der Waals surface area (Å²) in [5.74, 6) is 0.933. The normalized spacial score (nSPS) is 12.8. The van der Waals surface area contributed by atoms with Crippen LogP contribution in [0.15, 0.2) is 48.5 Å². The second-order valence-corrected chi connectivity index (χ2v) is 11.4. The van der Waals surface area contributed by atoms with E-state index in [1.54, 1.807) is 0 Å². The number of carbonyl (C=O) groups excluding carboxylic acids is 1. The van der Waals surface area contributed by atoms with Crippen molar-refractivity contribution in [1.29, 1.82) is 0 Å². The number of benzene rings is 2. The number of hydrogen-bond acceptors (Lipinski definition) is 3. The first-order valence-electron chi connectivity index (χ1n) is 12.6. The second kappa shape index (κ2) is 13.2. The summed E-state index contributed by atoms with van der Waals surface area (Å²) < 4.78 is 0. The zero-order valence-electron chi connectivity index (χ0n) is 21.9. The Kier molecular flexibility index (Phi) is 10.9. The minimum absolute atomic E-state index is 0.0694. The van der Waals surface area contributed by atoms with Gasteiger partial charge in [0.05, 0.1) is 11.6 Å². The molecule has 34 heavy (non-hydrogen) atoms. The van der Waals surface area contributed by atoms with E-state index in [-0.39, 0.29) is 5.91 Å². The van der Waals surface area contributed by atoms with E-state index in [0.717, 1.165) is 37.4 Å². The zero-order chi connectivity index (χ0) is 25.3. The predicted octanol–water partition coefficient (Wildman–Crippen LogP) is 6.25. The number of nitrogens with one attached hydrogen (secondary N) is 1. The zero-order valence-corrected chi connectivity index (χ0v) is 22.7. The lowest BCUT2D eigenvalue weighted by atomic mass is 9.99. The van der Waals surface area contributed by atoms with E-state index < -0.39 is 11.6 Å². The van der Waals surface area contributed by atoms with Gasteiger partial charge in [0.2, 0.25) is 5.91 Å². The van der Waals surface area contributed by atoms with Gasteiger partial charge in [-0.05, 0) is 86.8 Å². The highest BCUT2D eigenvalue weighted by Gasteiger charge is 2.27. The quantitative estimate of drug-likeness (QED) is 0.352. The summed E-state index contributed by atoms with van der Waals surface area (Å²) in [4.78, 5) is 15.1. The summed E-state index contributed by atoms with van der Waals surface area (Å²) in [6.07, 6.45) is 3.76. The largest absolute Gasteiger partial charge is 0.369 e. The van der Waals surface area contributed by atoms with Crippen LogP contribution < -0.4 is 16.0 Å². The molecule has 0 aliphatic heterocycles. The standard InChI is InChI=1S/C29H44ClN3O/c1-21(2)17-18-33(20-29(5,6)32-28(34)27(31)19-22(3)4)26-15-11-24(12-16-26)8-7-23-9-13-25(30)14-10-23/h9-16,21-22,27H,7-8,17-20,31H2,1-6H3,(H,32,34)/t27-/m0/s1. The van der Waals surface area contributed by atoms with Crippen LogP contribution in [0.25, 0.3) is 0 Å². The Balaban J connectivity index is 2.05. The van der Waals surface area contributed by atoms with Gasteiger partial charge in [-0.2, -0.15) is 0 Å². The monoisotopic (exact) mass is 485 g/mol. The van der Waals surface area contributed by atoms with Crippen LogP contribution in [0.2, 0.25) is 5.02 Å². The molecule has 0 fully saturated rings. The lowest BCUT2D eigenvalue weighted by Crippen LogP contribution is -2.56. The third kappa shape index (κ3) is 10.1. The molecule has 0 bridgehead atoms. The molecule has 0 aliphatic carbocycles. The minimum atomic E-state index is -0.469. The first-order valence-corrected chi connectivity index (χ1v) is 13.0. The predicted molar refractivity (Wildman–Crippen MR) is 147 cm³/mol. The fraction of sp³-hybridized carbons (Fsp3) is 0.552. The van der Waals surface area contributed by atoms with E-state index in [1.807, 2.05) is 12.1 Å². The molecule has 0 spiro atoms. The molecule has 2 rings (SSSR count). The number of anilines is 1. The topological polar surface area (TPSA) is 58.4 Å². The average Bonchev–Trinajstić information content (AvgIpc) is 2.75. The summed E-state index contributed by atoms with van der Waals surface area (Å²) in [6, 6.07) is 16.5. The van der Waals surface area contributed by atoms with Crippen molar-refractivity contribution < 1.29 is 4.79 Å². The molecule has 4 nitrogen and oxygen atoms in total. The highest BCUT2D eigenvalue weighted by atomic mass is 35.5. The average molecular weight is 486 g/mol. The maximum atomic E-state index is 12.7. The molecule has 3 N–H and O–H groups in total. The third-order valence-corrected chi connectivity index (χ3v) is 6.26. The summed E-state index contributed by atoms with van der Waals surface area (Å²) in [7, 11) is 0. The Morgan fingerprint density at radius 1 is 0.941 bits per heavy atom. The lowest BCUT2D eigenvalue weighted by molar-refractivity contribution is -0.124. The van der Waals surface area contributed by atoms with Crippen LogP contribution in [0, 0.1) is 11.8 Å². The molecule has 0 aromatic heterocycles. The van der Waals surface area contributed by atoms with Crippen LogP contribution in [0.4, 0.5) is 5.69 Å². The number of hydrogen-bond donors (Lipinski definition) is 2. The molecule has 2 aromatic rings. The number of rotatable bonds is 13. The maximum absolute atomic E-state index is 12.7. The first kappa shape index (κ1) is 28.2. The Morgan fingerprint density at radius 3 is 1.97 bits per heavy atom. The van der Waals surface area contributed by atoms with Gasteiger partial charge in [0.15, 0.2) is 0 Å². The van der Waals surface area contributed by atoms with Gasteiger partial charge < -0.3 is 16.0 Å². The van der Waals surface area contributed by atoms with E-state index in [4.69, 9.17) is 17.3 Å². The summed E-state index contributed by atoms with van der Waals surface area (Å²) >= 11 is 6.00. The molecular formula is C29H44ClN3O. The van der Waals surface area contributed by atoms with E-state index in [1.165, 1.54) is 16.8 Å². The van der Waals surface area contributed by atoms with Crippen LogP contribution in [0.3, 0.4) is 0 Å². The van der Waals surface area contributed by atoms with Crippen molar-refractivity contribution in [2.45, 2.75) is 78.8 Å². The van der Waals surface area contributed by atoms with Crippen molar-refractivity contribution in [3.05, 3.63) is 64.7 Å². The van der Waals surface area contributed by atoms with E-state index in [9.17, 15) is 4.79 Å². The molecule has 1 atom stereocenters. The minimum Gasteiger partial charge on any atom is -0.369 e. The van der Waals surface area contributed by atoms with Crippen molar-refractivity contribution in [3.63, 3.8) is 0 Å². The number of halogens is 1. The summed E-state index contributed by atoms with van der Waals surface area (Å²) in [5, 5.41) is 3.96. The van der Waals surface area contributed by atoms with Crippen molar-refractivity contribution in [2.75, 3.05) is 18.0 Å². The van der Waals surface area contributed by atoms with E-state index in [0.29, 0.717) is 18.3 Å². The Bertz CT molecular complexity index is 875. The molecule has 0 unspecified atom stereocenters. The molecule has 0 aliphatic rings. The Labute approximate surface area is 212 Å². The van der Waals surface area contributed by atoms with E-state index in [2.05, 4.69) is 88.2 Å². The summed E-state index contributed by atoms with van der Waals surface area (Å²) in [5.41, 5.74) is 9.53. The molecule has 2 aromatic carbocycles. The van der Waals surface area contributed by atoms with Gasteiger partial charge in [-0.25, -0.2) is 0 Å². The van der Waals surface area contributed by atoms with Gasteiger partial charge in [-0.15, -0.1) is 0 Å². The smallest absolute Gasteiger partial charge is 0.237 e. The maximum Gasteiger partial charge on any atom is 0.237 e. The van der Waals surface area contributed by atoms with Gasteiger partial charge in [0, 0.05) is 23.8 Å². The number of amides is 1. The van der Waals surface area contributed by atoms with Crippen LogP contribution in [0.1, 0.15) is 65.5 Å². The van der Waals surface area contributed by atoms with E-state index >= 15 is 0 Å². The Hall–Kier alpha value is -2.04. The van der Waals surface area contributed by atoms with Crippen LogP contribution in [0.5, 0.6) is 0 Å². The van der Waals surface area contributed by atoms with Gasteiger partial charge in [0.25, 0.3) is 0 Å². The van der Waals surface area contributed by atoms with Crippen molar-refractivity contribution >= 4 is 23.2 Å². The van der Waals surface area contributed by atoms with Crippen LogP contribution in [-0.2, 0) is 17.6 Å². The highest BCUT2D eigenvalue weighted by Crippen LogP contribution is 2.21. The van der Waals surface area contributed by atoms with Gasteiger partial charge in [0.1, 0.15) is 0 Å². The fourth-order valence-electron chi connectivity index (χ4n) is 4.08. The lowest BCUT2D eigenvalue weighted by Gasteiger charge is -2.36. The molecule has 0 radical (unpaired) electrons. The van der Waals surface area contributed by atoms with Gasteiger partial charge >= 0.3 is 0 Å². The number of aryl methyl sites for hydroxylation is 2. The molecule has 0 saturated carbocycles. The third-order valence-electron chi connectivity index (χ3n) is 6.00. The van der Waals surface area contributed by atoms with Gasteiger partial charge in [-0.3, -0.25) is 4.79 Å². The van der Waals surface area contributed by atoms with Crippen LogP contribution >= 0.6 is 11.6 Å². The van der Waals surface area contributed by atoms with Crippen molar-refractivity contribution in [1.82, 2.24) is 5.32 Å². The van der Waals surface area contributed by atoms with Gasteiger partial charge in [-0.1, -0.05) is 63.6 Å².